The maximum atomic E-state index is 11.9. The van der Waals surface area contributed by atoms with Crippen LogP contribution in [0, 0.1) is 0 Å². The highest BCUT2D eigenvalue weighted by molar-refractivity contribution is 6.35. The highest BCUT2D eigenvalue weighted by Gasteiger charge is 2.14. The average molecular weight is 298 g/mol. The molecule has 20 heavy (non-hydrogen) atoms. The summed E-state index contributed by atoms with van der Waals surface area (Å²) in [6.45, 7) is -0.619. The molecule has 0 spiro atoms. The number of nitrogens with zero attached hydrogens (tertiary/aromatic N) is 1. The molecule has 1 atom stereocenters. The van der Waals surface area contributed by atoms with Gasteiger partial charge in [-0.15, -0.1) is 0 Å². The number of carboxylic acids is 1. The number of hydrogen-bond acceptors (Lipinski definition) is 4. The van der Waals surface area contributed by atoms with Gasteiger partial charge in [-0.05, 0) is 18.2 Å². The summed E-state index contributed by atoms with van der Waals surface area (Å²) in [5.41, 5.74) is -0.0537. The fraction of sp³-hybridized carbons (Fsp3) is 0.231. The Hall–Kier alpha value is -1.89. The summed E-state index contributed by atoms with van der Waals surface area (Å²) in [5, 5.41) is 27.9. The number of carboxylic acid groups (broad SMARTS) is 1. The van der Waals surface area contributed by atoms with Gasteiger partial charge in [0.15, 0.2) is 0 Å². The molecule has 0 aliphatic rings. The minimum atomic E-state index is -1.12. The van der Waals surface area contributed by atoms with Crippen molar-refractivity contribution in [3.05, 3.63) is 45.2 Å². The Morgan fingerprint density at radius 3 is 2.65 bits per heavy atom. The monoisotopic (exact) mass is 297 g/mol. The summed E-state index contributed by atoms with van der Waals surface area (Å²) in [6, 6.07) is 5.37. The third kappa shape index (κ3) is 2.67. The predicted molar refractivity (Wildman–Crippen MR) is 73.3 cm³/mol. The summed E-state index contributed by atoms with van der Waals surface area (Å²) in [5.74, 6) is -1.12. The normalized spacial score (nSPS) is 12.6. The maximum absolute atomic E-state index is 11.9. The fourth-order valence-corrected chi connectivity index (χ4v) is 2.30. The number of halogens is 1. The van der Waals surface area contributed by atoms with Crippen molar-refractivity contribution in [3.63, 3.8) is 0 Å². The van der Waals surface area contributed by atoms with Gasteiger partial charge in [-0.3, -0.25) is 4.79 Å². The first-order chi connectivity index (χ1) is 9.43. The second-order valence-electron chi connectivity index (χ2n) is 4.32. The molecule has 0 bridgehead atoms. The Labute approximate surface area is 118 Å². The lowest BCUT2D eigenvalue weighted by Crippen LogP contribution is -2.28. The van der Waals surface area contributed by atoms with Crippen LogP contribution in [0.3, 0.4) is 0 Å². The summed E-state index contributed by atoms with van der Waals surface area (Å²) in [4.78, 5) is 22.8. The molecule has 1 heterocycles. The maximum Gasteiger partial charge on any atom is 0.335 e. The van der Waals surface area contributed by atoms with E-state index in [1.54, 1.807) is 0 Å². The van der Waals surface area contributed by atoms with Gasteiger partial charge in [-0.1, -0.05) is 11.6 Å². The van der Waals surface area contributed by atoms with Gasteiger partial charge in [0.2, 0.25) is 0 Å². The van der Waals surface area contributed by atoms with E-state index in [9.17, 15) is 14.7 Å². The third-order valence-corrected chi connectivity index (χ3v) is 3.17. The fourth-order valence-electron chi connectivity index (χ4n) is 1.97. The number of hydrogen-bond donors (Lipinski definition) is 3. The Morgan fingerprint density at radius 1 is 1.35 bits per heavy atom. The summed E-state index contributed by atoms with van der Waals surface area (Å²) in [6.07, 6.45) is -1.10. The molecule has 0 aliphatic heterocycles. The number of benzene rings is 1. The van der Waals surface area contributed by atoms with E-state index < -0.39 is 24.2 Å². The minimum Gasteiger partial charge on any atom is -0.478 e. The van der Waals surface area contributed by atoms with Crippen molar-refractivity contribution < 1.29 is 20.1 Å². The molecule has 3 N–H and O–H groups in total. The van der Waals surface area contributed by atoms with Crippen LogP contribution in [0.25, 0.3) is 10.9 Å². The highest BCUT2D eigenvalue weighted by atomic mass is 35.5. The molecule has 0 amide bonds. The van der Waals surface area contributed by atoms with E-state index in [0.29, 0.717) is 10.9 Å². The zero-order valence-corrected chi connectivity index (χ0v) is 11.0. The lowest BCUT2D eigenvalue weighted by atomic mass is 10.1. The van der Waals surface area contributed by atoms with Crippen LogP contribution >= 0.6 is 11.6 Å². The molecule has 0 saturated heterocycles. The van der Waals surface area contributed by atoms with Crippen molar-refractivity contribution in [2.24, 2.45) is 0 Å². The van der Waals surface area contributed by atoms with Gasteiger partial charge in [0, 0.05) is 11.5 Å². The molecule has 2 aromatic rings. The van der Waals surface area contributed by atoms with Gasteiger partial charge in [0.25, 0.3) is 5.56 Å². The molecule has 106 valence electrons. The molecule has 0 radical (unpaired) electrons. The number of carbonyl (C=O) groups is 1. The lowest BCUT2D eigenvalue weighted by molar-refractivity contribution is 0.0697. The van der Waals surface area contributed by atoms with Gasteiger partial charge in [0.05, 0.1) is 35.4 Å². The number of aromatic nitrogens is 1. The molecule has 1 aromatic carbocycles. The van der Waals surface area contributed by atoms with Crippen molar-refractivity contribution in [2.75, 3.05) is 6.61 Å². The van der Waals surface area contributed by atoms with E-state index in [1.165, 1.54) is 28.8 Å². The van der Waals surface area contributed by atoms with Gasteiger partial charge in [0.1, 0.15) is 0 Å². The van der Waals surface area contributed by atoms with Crippen LogP contribution in [0.4, 0.5) is 0 Å². The predicted octanol–water partition coefficient (Wildman–Crippen LogP) is 0.706. The van der Waals surface area contributed by atoms with Crippen molar-refractivity contribution in [3.8, 4) is 0 Å². The molecular formula is C13H12ClNO5. The Balaban J connectivity index is 2.71. The number of fused-ring (bicyclic) bond motifs is 1. The second-order valence-corrected chi connectivity index (χ2v) is 4.73. The van der Waals surface area contributed by atoms with Crippen LogP contribution in [0.5, 0.6) is 0 Å². The highest BCUT2D eigenvalue weighted by Crippen LogP contribution is 2.24. The number of pyridine rings is 1. The molecule has 2 rings (SSSR count). The summed E-state index contributed by atoms with van der Waals surface area (Å²) in [7, 11) is 0. The van der Waals surface area contributed by atoms with Crippen LogP contribution in [-0.4, -0.2) is 38.6 Å². The first kappa shape index (κ1) is 14.5. The Kier molecular flexibility index (Phi) is 4.08. The molecule has 0 aliphatic carbocycles. The first-order valence-corrected chi connectivity index (χ1v) is 6.17. The van der Waals surface area contributed by atoms with Gasteiger partial charge in [-0.2, -0.15) is 0 Å². The lowest BCUT2D eigenvalue weighted by Gasteiger charge is -2.14. The zero-order chi connectivity index (χ0) is 14.9. The third-order valence-electron chi connectivity index (χ3n) is 2.89. The molecule has 6 nitrogen and oxygen atoms in total. The second kappa shape index (κ2) is 5.62. The summed E-state index contributed by atoms with van der Waals surface area (Å²) >= 11 is 6.04. The van der Waals surface area contributed by atoms with Gasteiger partial charge >= 0.3 is 5.97 Å². The SMILES string of the molecule is O=C(O)c1cc(Cl)c2c(ccc(=O)n2CC(O)CO)c1. The van der Waals surface area contributed by atoms with Crippen molar-refractivity contribution in [2.45, 2.75) is 12.6 Å². The molecule has 7 heteroatoms. The molecule has 1 aromatic heterocycles. The van der Waals surface area contributed by atoms with Crippen LogP contribution in [0.2, 0.25) is 5.02 Å². The van der Waals surface area contributed by atoms with E-state index in [4.69, 9.17) is 21.8 Å². The quantitative estimate of drug-likeness (QED) is 0.771. The molecule has 0 saturated carbocycles. The molecular weight excluding hydrogens is 286 g/mol. The number of aliphatic hydroxyl groups is 2. The van der Waals surface area contributed by atoms with Crippen molar-refractivity contribution in [1.29, 1.82) is 0 Å². The van der Waals surface area contributed by atoms with Crippen LogP contribution in [0.1, 0.15) is 10.4 Å². The smallest absolute Gasteiger partial charge is 0.335 e. The van der Waals surface area contributed by atoms with Crippen LogP contribution in [-0.2, 0) is 6.54 Å². The largest absolute Gasteiger partial charge is 0.478 e. The summed E-state index contributed by atoms with van der Waals surface area (Å²) < 4.78 is 1.21. The molecule has 0 fully saturated rings. The van der Waals surface area contributed by atoms with Crippen molar-refractivity contribution in [1.82, 2.24) is 4.57 Å². The number of rotatable bonds is 4. The standard InChI is InChI=1S/C13H12ClNO5/c14-10-4-8(13(19)20)3-7-1-2-11(18)15(12(7)10)5-9(17)6-16/h1-4,9,16-17H,5-6H2,(H,19,20). The first-order valence-electron chi connectivity index (χ1n) is 5.79. The van der Waals surface area contributed by atoms with Gasteiger partial charge < -0.3 is 19.9 Å². The van der Waals surface area contributed by atoms with Crippen LogP contribution < -0.4 is 5.56 Å². The number of aromatic carboxylic acids is 1. The average Bonchev–Trinajstić information content (AvgIpc) is 2.41. The van der Waals surface area contributed by atoms with E-state index in [0.717, 1.165) is 0 Å². The van der Waals surface area contributed by atoms with Crippen molar-refractivity contribution >= 4 is 28.5 Å². The van der Waals surface area contributed by atoms with Crippen LogP contribution in [0.15, 0.2) is 29.1 Å². The number of aliphatic hydroxyl groups excluding tert-OH is 2. The topological polar surface area (TPSA) is 99.8 Å². The van der Waals surface area contributed by atoms with E-state index >= 15 is 0 Å². The van der Waals surface area contributed by atoms with E-state index in [1.807, 2.05) is 0 Å². The minimum absolute atomic E-state index is 0.00963. The molecule has 1 unspecified atom stereocenters. The Morgan fingerprint density at radius 2 is 2.05 bits per heavy atom. The zero-order valence-electron chi connectivity index (χ0n) is 10.3. The van der Waals surface area contributed by atoms with E-state index in [-0.39, 0.29) is 17.1 Å². The van der Waals surface area contributed by atoms with Gasteiger partial charge in [-0.25, -0.2) is 4.79 Å². The van der Waals surface area contributed by atoms with E-state index in [2.05, 4.69) is 0 Å². The Bertz CT molecular complexity index is 725.